The second-order valence-corrected chi connectivity index (χ2v) is 5.86. The zero-order valence-corrected chi connectivity index (χ0v) is 9.89. The Morgan fingerprint density at radius 3 is 2.23 bits per heavy atom. The van der Waals surface area contributed by atoms with E-state index in [1.807, 2.05) is 0 Å². The van der Waals surface area contributed by atoms with Gasteiger partial charge < -0.3 is 0 Å². The summed E-state index contributed by atoms with van der Waals surface area (Å²) in [6.45, 7) is 4.95. The summed E-state index contributed by atoms with van der Waals surface area (Å²) in [5.74, 6) is 0.620. The zero-order chi connectivity index (χ0) is 10.5. The highest BCUT2D eigenvalue weighted by atomic mass is 32.2. The predicted octanol–water partition coefficient (Wildman–Crippen LogP) is 1.70. The van der Waals surface area contributed by atoms with Crippen molar-refractivity contribution < 1.29 is 8.42 Å². The maximum atomic E-state index is 11.0. The topological polar surface area (TPSA) is 37.4 Å². The van der Waals surface area contributed by atoms with Crippen LogP contribution in [0.1, 0.15) is 33.1 Å². The maximum absolute atomic E-state index is 11.0. The summed E-state index contributed by atoms with van der Waals surface area (Å²) >= 11 is 0. The average molecular weight is 207 g/mol. The third-order valence-corrected chi connectivity index (χ3v) is 3.60. The Bertz CT molecular complexity index is 224. The van der Waals surface area contributed by atoms with Crippen LogP contribution >= 0.6 is 0 Å². The van der Waals surface area contributed by atoms with Crippen LogP contribution in [0, 0.1) is 5.92 Å². The summed E-state index contributed by atoms with van der Waals surface area (Å²) in [6, 6.07) is 0. The van der Waals surface area contributed by atoms with Gasteiger partial charge in [0.2, 0.25) is 10.0 Å². The Kier molecular flexibility index (Phi) is 5.56. The molecule has 0 bridgehead atoms. The van der Waals surface area contributed by atoms with Gasteiger partial charge in [-0.2, -0.15) is 0 Å². The minimum Gasteiger partial charge on any atom is -0.213 e. The standard InChI is InChI=1S/C9H21NO2S/c1-5-6-9(2)7-8-10(3)13(4,11)12/h9H,5-8H2,1-4H3. The molecule has 0 aromatic rings. The van der Waals surface area contributed by atoms with Gasteiger partial charge in [0, 0.05) is 13.6 Å². The normalized spacial score (nSPS) is 14.8. The number of hydrogen-bond donors (Lipinski definition) is 0. The summed E-state index contributed by atoms with van der Waals surface area (Å²) < 4.78 is 23.5. The van der Waals surface area contributed by atoms with Gasteiger partial charge in [0.25, 0.3) is 0 Å². The van der Waals surface area contributed by atoms with Gasteiger partial charge in [0.05, 0.1) is 6.26 Å². The van der Waals surface area contributed by atoms with Crippen molar-refractivity contribution in [3.63, 3.8) is 0 Å². The first-order chi connectivity index (χ1) is 5.88. The van der Waals surface area contributed by atoms with Gasteiger partial charge in [-0.1, -0.05) is 26.7 Å². The van der Waals surface area contributed by atoms with E-state index in [1.54, 1.807) is 7.05 Å². The molecule has 0 aliphatic heterocycles. The molecule has 0 heterocycles. The second-order valence-electron chi connectivity index (χ2n) is 3.77. The van der Waals surface area contributed by atoms with E-state index >= 15 is 0 Å². The van der Waals surface area contributed by atoms with E-state index in [0.29, 0.717) is 12.5 Å². The van der Waals surface area contributed by atoms with Gasteiger partial charge in [0.1, 0.15) is 0 Å². The van der Waals surface area contributed by atoms with Crippen LogP contribution in [0.2, 0.25) is 0 Å². The van der Waals surface area contributed by atoms with Crippen LogP contribution in [-0.4, -0.2) is 32.6 Å². The lowest BCUT2D eigenvalue weighted by Crippen LogP contribution is -2.27. The van der Waals surface area contributed by atoms with Gasteiger partial charge in [0.15, 0.2) is 0 Å². The van der Waals surface area contributed by atoms with Crippen LogP contribution in [0.5, 0.6) is 0 Å². The molecule has 0 saturated heterocycles. The van der Waals surface area contributed by atoms with E-state index in [0.717, 1.165) is 6.42 Å². The zero-order valence-electron chi connectivity index (χ0n) is 9.08. The molecule has 0 amide bonds. The van der Waals surface area contributed by atoms with Crippen molar-refractivity contribution in [2.45, 2.75) is 33.1 Å². The molecule has 0 aromatic heterocycles. The van der Waals surface area contributed by atoms with Crippen molar-refractivity contribution >= 4 is 10.0 Å². The summed E-state index contributed by atoms with van der Waals surface area (Å²) in [5.41, 5.74) is 0. The third-order valence-electron chi connectivity index (χ3n) is 2.28. The van der Waals surface area contributed by atoms with Crippen molar-refractivity contribution in [1.82, 2.24) is 4.31 Å². The fourth-order valence-electron chi connectivity index (χ4n) is 1.21. The fraction of sp³-hybridized carbons (Fsp3) is 1.00. The Balaban J connectivity index is 3.77. The highest BCUT2D eigenvalue weighted by molar-refractivity contribution is 7.88. The Labute approximate surface area is 82.2 Å². The Morgan fingerprint density at radius 1 is 1.31 bits per heavy atom. The summed E-state index contributed by atoms with van der Waals surface area (Å²) in [4.78, 5) is 0. The number of nitrogens with zero attached hydrogens (tertiary/aromatic N) is 1. The molecule has 0 aromatic carbocycles. The number of sulfonamides is 1. The van der Waals surface area contributed by atoms with Crippen molar-refractivity contribution in [3.05, 3.63) is 0 Å². The van der Waals surface area contributed by atoms with Crippen LogP contribution in [0.15, 0.2) is 0 Å². The van der Waals surface area contributed by atoms with E-state index in [1.165, 1.54) is 23.4 Å². The SMILES string of the molecule is CCCC(C)CCN(C)S(C)(=O)=O. The Morgan fingerprint density at radius 2 is 1.85 bits per heavy atom. The van der Waals surface area contributed by atoms with Crippen molar-refractivity contribution in [1.29, 1.82) is 0 Å². The molecule has 0 spiro atoms. The third kappa shape index (κ3) is 6.05. The molecule has 0 aliphatic rings. The van der Waals surface area contributed by atoms with Crippen LogP contribution in [0.25, 0.3) is 0 Å². The van der Waals surface area contributed by atoms with Gasteiger partial charge in [-0.15, -0.1) is 0 Å². The van der Waals surface area contributed by atoms with Crippen LogP contribution in [-0.2, 0) is 10.0 Å². The smallest absolute Gasteiger partial charge is 0.210 e. The molecule has 1 atom stereocenters. The molecule has 0 N–H and O–H groups in total. The number of rotatable bonds is 6. The highest BCUT2D eigenvalue weighted by Crippen LogP contribution is 2.10. The second kappa shape index (κ2) is 5.60. The van der Waals surface area contributed by atoms with Crippen LogP contribution in [0.3, 0.4) is 0 Å². The van der Waals surface area contributed by atoms with Crippen molar-refractivity contribution in [2.75, 3.05) is 19.8 Å². The molecular weight excluding hydrogens is 186 g/mol. The molecule has 0 aliphatic carbocycles. The van der Waals surface area contributed by atoms with Gasteiger partial charge in [-0.05, 0) is 12.3 Å². The molecule has 80 valence electrons. The van der Waals surface area contributed by atoms with E-state index in [9.17, 15) is 8.42 Å². The average Bonchev–Trinajstić information content (AvgIpc) is 1.99. The predicted molar refractivity (Wildman–Crippen MR) is 56.2 cm³/mol. The first-order valence-corrected chi connectivity index (χ1v) is 6.64. The molecule has 0 rings (SSSR count). The first kappa shape index (κ1) is 12.9. The molecule has 0 radical (unpaired) electrons. The molecule has 13 heavy (non-hydrogen) atoms. The molecule has 0 saturated carbocycles. The minimum absolute atomic E-state index is 0.620. The van der Waals surface area contributed by atoms with E-state index < -0.39 is 10.0 Å². The van der Waals surface area contributed by atoms with Crippen LogP contribution < -0.4 is 0 Å². The fourth-order valence-corrected chi connectivity index (χ4v) is 1.64. The summed E-state index contributed by atoms with van der Waals surface area (Å²) in [6.07, 6.45) is 4.55. The van der Waals surface area contributed by atoms with Crippen molar-refractivity contribution in [2.24, 2.45) is 5.92 Å². The largest absolute Gasteiger partial charge is 0.213 e. The van der Waals surface area contributed by atoms with Gasteiger partial charge >= 0.3 is 0 Å². The van der Waals surface area contributed by atoms with Crippen LogP contribution in [0.4, 0.5) is 0 Å². The molecule has 0 fully saturated rings. The monoisotopic (exact) mass is 207 g/mol. The van der Waals surface area contributed by atoms with Gasteiger partial charge in [-0.3, -0.25) is 0 Å². The quantitative estimate of drug-likeness (QED) is 0.665. The Hall–Kier alpha value is -0.0900. The highest BCUT2D eigenvalue weighted by Gasteiger charge is 2.11. The lowest BCUT2D eigenvalue weighted by molar-refractivity contribution is 0.402. The molecule has 4 heteroatoms. The van der Waals surface area contributed by atoms with E-state index in [2.05, 4.69) is 13.8 Å². The molecular formula is C9H21NO2S. The first-order valence-electron chi connectivity index (χ1n) is 4.79. The van der Waals surface area contributed by atoms with Gasteiger partial charge in [-0.25, -0.2) is 12.7 Å². The lowest BCUT2D eigenvalue weighted by atomic mass is 10.0. The lowest BCUT2D eigenvalue weighted by Gasteiger charge is -2.16. The maximum Gasteiger partial charge on any atom is 0.210 e. The number of hydrogen-bond acceptors (Lipinski definition) is 2. The molecule has 1 unspecified atom stereocenters. The van der Waals surface area contributed by atoms with E-state index in [4.69, 9.17) is 0 Å². The minimum atomic E-state index is -2.98. The van der Waals surface area contributed by atoms with Crippen molar-refractivity contribution in [3.8, 4) is 0 Å². The summed E-state index contributed by atoms with van der Waals surface area (Å²) in [5, 5.41) is 0. The van der Waals surface area contributed by atoms with E-state index in [-0.39, 0.29) is 0 Å². The molecule has 3 nitrogen and oxygen atoms in total. The summed E-state index contributed by atoms with van der Waals surface area (Å²) in [7, 11) is -1.35.